The molecular weight excluding hydrogens is 182 g/mol. The van der Waals surface area contributed by atoms with Crippen LogP contribution >= 0.6 is 0 Å². The molecule has 0 heterocycles. The van der Waals surface area contributed by atoms with Crippen molar-refractivity contribution in [2.24, 2.45) is 0 Å². The summed E-state index contributed by atoms with van der Waals surface area (Å²) in [5, 5.41) is 8.72. The summed E-state index contributed by atoms with van der Waals surface area (Å²) in [5.41, 5.74) is 11.6. The molecule has 1 rings (SSSR count). The van der Waals surface area contributed by atoms with Gasteiger partial charge in [0.1, 0.15) is 11.6 Å². The minimum atomic E-state index is -0.661. The number of hydrogen-bond acceptors (Lipinski definition) is 5. The van der Waals surface area contributed by atoms with E-state index in [0.717, 1.165) is 0 Å². The van der Waals surface area contributed by atoms with E-state index in [1.165, 1.54) is 19.2 Å². The van der Waals surface area contributed by atoms with Crippen molar-refractivity contribution in [1.82, 2.24) is 0 Å². The van der Waals surface area contributed by atoms with Gasteiger partial charge in [-0.25, -0.2) is 4.79 Å². The molecule has 5 heteroatoms. The van der Waals surface area contributed by atoms with Crippen molar-refractivity contribution in [2.45, 2.75) is 0 Å². The van der Waals surface area contributed by atoms with Gasteiger partial charge in [0.2, 0.25) is 0 Å². The summed E-state index contributed by atoms with van der Waals surface area (Å²) in [6, 6.07) is 4.74. The van der Waals surface area contributed by atoms with Crippen molar-refractivity contribution < 1.29 is 9.53 Å². The molecule has 0 saturated carbocycles. The molecule has 0 unspecified atom stereocenters. The van der Waals surface area contributed by atoms with Gasteiger partial charge >= 0.3 is 5.97 Å². The first-order valence-electron chi connectivity index (χ1n) is 3.78. The van der Waals surface area contributed by atoms with Crippen LogP contribution in [0.15, 0.2) is 12.1 Å². The molecule has 0 aliphatic heterocycles. The predicted octanol–water partition coefficient (Wildman–Crippen LogP) is 0.509. The smallest absolute Gasteiger partial charge is 0.341 e. The zero-order valence-corrected chi connectivity index (χ0v) is 7.57. The number of rotatable bonds is 1. The predicted molar refractivity (Wildman–Crippen MR) is 51.3 cm³/mol. The fourth-order valence-electron chi connectivity index (χ4n) is 1.05. The molecule has 0 bridgehead atoms. The van der Waals surface area contributed by atoms with E-state index >= 15 is 0 Å². The van der Waals surface area contributed by atoms with E-state index in [-0.39, 0.29) is 22.5 Å². The second-order valence-electron chi connectivity index (χ2n) is 2.59. The average molecular weight is 191 g/mol. The van der Waals surface area contributed by atoms with Crippen LogP contribution in [0, 0.1) is 11.3 Å². The van der Waals surface area contributed by atoms with Crippen LogP contribution in [-0.4, -0.2) is 13.1 Å². The Labute approximate surface area is 80.9 Å². The molecule has 1 aromatic rings. The number of ether oxygens (including phenoxy) is 1. The van der Waals surface area contributed by atoms with Gasteiger partial charge in [0.25, 0.3) is 0 Å². The van der Waals surface area contributed by atoms with Crippen LogP contribution in [0.25, 0.3) is 0 Å². The van der Waals surface area contributed by atoms with Crippen molar-refractivity contribution >= 4 is 17.3 Å². The van der Waals surface area contributed by atoms with Gasteiger partial charge in [0.15, 0.2) is 0 Å². The van der Waals surface area contributed by atoms with E-state index in [0.29, 0.717) is 0 Å². The molecule has 0 spiro atoms. The summed E-state index contributed by atoms with van der Waals surface area (Å²) in [4.78, 5) is 11.3. The van der Waals surface area contributed by atoms with Crippen LogP contribution in [0.1, 0.15) is 15.9 Å². The highest BCUT2D eigenvalue weighted by molar-refractivity contribution is 6.00. The molecule has 1 aromatic carbocycles. The third-order valence-corrected chi connectivity index (χ3v) is 1.79. The van der Waals surface area contributed by atoms with E-state index in [2.05, 4.69) is 4.74 Å². The van der Waals surface area contributed by atoms with Gasteiger partial charge in [-0.15, -0.1) is 0 Å². The highest BCUT2D eigenvalue weighted by Gasteiger charge is 2.17. The fourth-order valence-corrected chi connectivity index (χ4v) is 1.05. The third kappa shape index (κ3) is 1.45. The minimum absolute atomic E-state index is 0.0231. The van der Waals surface area contributed by atoms with Crippen LogP contribution in [0.5, 0.6) is 0 Å². The number of nitriles is 1. The lowest BCUT2D eigenvalue weighted by Gasteiger charge is -2.07. The van der Waals surface area contributed by atoms with E-state index in [4.69, 9.17) is 16.7 Å². The molecule has 4 N–H and O–H groups in total. The maximum Gasteiger partial charge on any atom is 0.341 e. The van der Waals surface area contributed by atoms with Gasteiger partial charge in [-0.1, -0.05) is 0 Å². The number of benzene rings is 1. The number of carbonyl (C=O) groups excluding carboxylic acids is 1. The quantitative estimate of drug-likeness (QED) is 0.497. The number of nitrogens with zero attached hydrogens (tertiary/aromatic N) is 1. The number of hydrogen-bond donors (Lipinski definition) is 2. The van der Waals surface area contributed by atoms with Crippen molar-refractivity contribution in [3.63, 3.8) is 0 Å². The largest absolute Gasteiger partial charge is 0.465 e. The number of methoxy groups -OCH3 is 1. The second kappa shape index (κ2) is 3.66. The second-order valence-corrected chi connectivity index (χ2v) is 2.59. The molecule has 0 amide bonds. The fraction of sp³-hybridized carbons (Fsp3) is 0.111. The molecule has 0 saturated heterocycles. The lowest BCUT2D eigenvalue weighted by molar-refractivity contribution is 0.0601. The van der Waals surface area contributed by atoms with Gasteiger partial charge < -0.3 is 16.2 Å². The summed E-state index contributed by atoms with van der Waals surface area (Å²) in [5.74, 6) is -0.661. The Bertz CT molecular complexity index is 421. The Hall–Kier alpha value is -2.22. The Balaban J connectivity index is 3.45. The number of nitrogens with two attached hydrogens (primary N) is 2. The number of esters is 1. The molecule has 72 valence electrons. The lowest BCUT2D eigenvalue weighted by atomic mass is 10.1. The SMILES string of the molecule is COC(=O)c1c(C#N)ccc(N)c1N. The van der Waals surface area contributed by atoms with Crippen LogP contribution < -0.4 is 11.5 Å². The first-order valence-corrected chi connectivity index (χ1v) is 3.78. The lowest BCUT2D eigenvalue weighted by Crippen LogP contribution is -2.10. The average Bonchev–Trinajstić information content (AvgIpc) is 2.20. The number of anilines is 2. The van der Waals surface area contributed by atoms with Gasteiger partial charge in [0.05, 0.1) is 24.0 Å². The van der Waals surface area contributed by atoms with Crippen molar-refractivity contribution in [3.05, 3.63) is 23.3 Å². The molecule has 14 heavy (non-hydrogen) atoms. The maximum absolute atomic E-state index is 11.3. The monoisotopic (exact) mass is 191 g/mol. The summed E-state index contributed by atoms with van der Waals surface area (Å²) in [6.45, 7) is 0. The summed E-state index contributed by atoms with van der Waals surface area (Å²) in [6.07, 6.45) is 0. The summed E-state index contributed by atoms with van der Waals surface area (Å²) < 4.78 is 4.49. The van der Waals surface area contributed by atoms with Crippen molar-refractivity contribution in [2.75, 3.05) is 18.6 Å². The third-order valence-electron chi connectivity index (χ3n) is 1.79. The summed E-state index contributed by atoms with van der Waals surface area (Å²) >= 11 is 0. The van der Waals surface area contributed by atoms with E-state index in [1.54, 1.807) is 0 Å². The molecule has 0 radical (unpaired) electrons. The molecule has 0 aliphatic carbocycles. The standard InChI is InChI=1S/C9H9N3O2/c1-14-9(13)7-5(4-10)2-3-6(11)8(7)12/h2-3H,11-12H2,1H3. The topological polar surface area (TPSA) is 102 Å². The van der Waals surface area contributed by atoms with Gasteiger partial charge in [-0.3, -0.25) is 0 Å². The Kier molecular flexibility index (Phi) is 2.58. The highest BCUT2D eigenvalue weighted by Crippen LogP contribution is 2.23. The Morgan fingerprint density at radius 3 is 2.64 bits per heavy atom. The van der Waals surface area contributed by atoms with Gasteiger partial charge in [0, 0.05) is 0 Å². The molecule has 0 aromatic heterocycles. The first kappa shape index (κ1) is 9.86. The van der Waals surface area contributed by atoms with E-state index in [1.807, 2.05) is 6.07 Å². The van der Waals surface area contributed by atoms with Gasteiger partial charge in [-0.05, 0) is 12.1 Å². The van der Waals surface area contributed by atoms with Crippen LogP contribution in [0.4, 0.5) is 11.4 Å². The first-order chi connectivity index (χ1) is 6.61. The van der Waals surface area contributed by atoms with Crippen LogP contribution in [0.3, 0.4) is 0 Å². The van der Waals surface area contributed by atoms with Crippen LogP contribution in [-0.2, 0) is 4.74 Å². The number of carbonyl (C=O) groups is 1. The maximum atomic E-state index is 11.3. The Morgan fingerprint density at radius 1 is 1.50 bits per heavy atom. The van der Waals surface area contributed by atoms with Crippen LogP contribution in [0.2, 0.25) is 0 Å². The molecule has 0 atom stereocenters. The Morgan fingerprint density at radius 2 is 2.14 bits per heavy atom. The molecule has 0 aliphatic rings. The zero-order valence-electron chi connectivity index (χ0n) is 7.57. The molecule has 5 nitrogen and oxygen atoms in total. The minimum Gasteiger partial charge on any atom is -0.465 e. The number of nitrogen functional groups attached to an aromatic ring is 2. The van der Waals surface area contributed by atoms with Gasteiger partial charge in [-0.2, -0.15) is 5.26 Å². The normalized spacial score (nSPS) is 9.14. The summed E-state index contributed by atoms with van der Waals surface area (Å²) in [7, 11) is 1.21. The van der Waals surface area contributed by atoms with Crippen molar-refractivity contribution in [1.29, 1.82) is 5.26 Å². The van der Waals surface area contributed by atoms with E-state index < -0.39 is 5.97 Å². The highest BCUT2D eigenvalue weighted by atomic mass is 16.5. The van der Waals surface area contributed by atoms with E-state index in [9.17, 15) is 4.79 Å². The van der Waals surface area contributed by atoms with Crippen molar-refractivity contribution in [3.8, 4) is 6.07 Å². The molecule has 0 fully saturated rings. The molecular formula is C9H9N3O2. The zero-order chi connectivity index (χ0) is 10.7.